The fraction of sp³-hybridized carbons (Fsp3) is 0.350. The number of carbonyl (C=O) groups is 1. The van der Waals surface area contributed by atoms with Crippen LogP contribution in [-0.2, 0) is 11.2 Å². The van der Waals surface area contributed by atoms with Gasteiger partial charge in [-0.05, 0) is 60.7 Å². The smallest absolute Gasteiger partial charge is 0.165 e. The highest BCUT2D eigenvalue weighted by Crippen LogP contribution is 2.35. The van der Waals surface area contributed by atoms with Crippen molar-refractivity contribution in [3.05, 3.63) is 51.8 Å². The first-order valence-electron chi connectivity index (χ1n) is 8.19. The van der Waals surface area contributed by atoms with Crippen LogP contribution < -0.4 is 4.74 Å². The third kappa shape index (κ3) is 4.74. The molecule has 1 atom stereocenters. The number of hydrogen-bond donors (Lipinski definition) is 0. The average Bonchev–Trinajstić information content (AvgIpc) is 2.57. The fourth-order valence-corrected chi connectivity index (χ4v) is 3.49. The molecule has 0 fully saturated rings. The first-order valence-corrected chi connectivity index (χ1v) is 8.95. The van der Waals surface area contributed by atoms with Crippen LogP contribution in [0.3, 0.4) is 0 Å². The summed E-state index contributed by atoms with van der Waals surface area (Å²) in [7, 11) is 1.42. The maximum Gasteiger partial charge on any atom is 0.165 e. The van der Waals surface area contributed by atoms with Crippen LogP contribution >= 0.6 is 23.2 Å². The Kier molecular flexibility index (Phi) is 6.86. The standard InChI is InChI=1S/C20H21Cl2FO2/c1-4-5-13(12(2)24)8-16-17(21)9-15(10-18(16)22)14-6-7-19(23)20(11-14)25-3/h6-7,9-11,13H,4-5,8H2,1-3H3/t13-/m0/s1. The van der Waals surface area contributed by atoms with E-state index in [1.807, 2.05) is 6.92 Å². The van der Waals surface area contributed by atoms with E-state index in [4.69, 9.17) is 27.9 Å². The van der Waals surface area contributed by atoms with Gasteiger partial charge in [0.05, 0.1) is 7.11 Å². The van der Waals surface area contributed by atoms with Gasteiger partial charge in [0.2, 0.25) is 0 Å². The minimum atomic E-state index is -0.427. The molecule has 5 heteroatoms. The van der Waals surface area contributed by atoms with E-state index in [1.165, 1.54) is 13.2 Å². The third-order valence-corrected chi connectivity index (χ3v) is 4.96. The summed E-state index contributed by atoms with van der Waals surface area (Å²) in [5.41, 5.74) is 2.30. The first-order chi connectivity index (χ1) is 11.9. The van der Waals surface area contributed by atoms with Crippen LogP contribution in [0.5, 0.6) is 5.75 Å². The molecule has 0 saturated carbocycles. The van der Waals surface area contributed by atoms with Crippen molar-refractivity contribution in [2.75, 3.05) is 7.11 Å². The Morgan fingerprint density at radius 3 is 2.32 bits per heavy atom. The second-order valence-electron chi connectivity index (χ2n) is 6.07. The molecule has 0 bridgehead atoms. The van der Waals surface area contributed by atoms with Crippen LogP contribution in [0.2, 0.25) is 10.0 Å². The van der Waals surface area contributed by atoms with E-state index in [-0.39, 0.29) is 17.5 Å². The van der Waals surface area contributed by atoms with Crippen molar-refractivity contribution < 1.29 is 13.9 Å². The second kappa shape index (κ2) is 8.68. The van der Waals surface area contributed by atoms with Gasteiger partial charge in [-0.3, -0.25) is 4.79 Å². The van der Waals surface area contributed by atoms with Crippen molar-refractivity contribution in [1.82, 2.24) is 0 Å². The molecule has 25 heavy (non-hydrogen) atoms. The monoisotopic (exact) mass is 382 g/mol. The molecule has 0 N–H and O–H groups in total. The van der Waals surface area contributed by atoms with Gasteiger partial charge in [-0.15, -0.1) is 0 Å². The lowest BCUT2D eigenvalue weighted by Crippen LogP contribution is -2.14. The minimum Gasteiger partial charge on any atom is -0.494 e. The Labute approximate surface area is 157 Å². The van der Waals surface area contributed by atoms with Gasteiger partial charge < -0.3 is 4.74 Å². The van der Waals surface area contributed by atoms with E-state index in [2.05, 4.69) is 0 Å². The topological polar surface area (TPSA) is 26.3 Å². The predicted octanol–water partition coefficient (Wildman–Crippen LogP) is 6.36. The molecule has 0 aliphatic rings. The Morgan fingerprint density at radius 2 is 1.80 bits per heavy atom. The van der Waals surface area contributed by atoms with Crippen LogP contribution in [0.25, 0.3) is 11.1 Å². The third-order valence-electron chi connectivity index (χ3n) is 4.29. The van der Waals surface area contributed by atoms with Crippen molar-refractivity contribution in [3.8, 4) is 16.9 Å². The fourth-order valence-electron chi connectivity index (χ4n) is 2.85. The van der Waals surface area contributed by atoms with E-state index in [9.17, 15) is 9.18 Å². The van der Waals surface area contributed by atoms with Crippen LogP contribution in [0, 0.1) is 11.7 Å². The minimum absolute atomic E-state index is 0.0863. The number of rotatable bonds is 7. The lowest BCUT2D eigenvalue weighted by Gasteiger charge is -2.16. The molecule has 0 radical (unpaired) electrons. The van der Waals surface area contributed by atoms with E-state index >= 15 is 0 Å². The van der Waals surface area contributed by atoms with Gasteiger partial charge in [0, 0.05) is 16.0 Å². The van der Waals surface area contributed by atoms with Crippen LogP contribution in [0.15, 0.2) is 30.3 Å². The van der Waals surface area contributed by atoms with Crippen molar-refractivity contribution in [2.45, 2.75) is 33.1 Å². The number of methoxy groups -OCH3 is 1. The van der Waals surface area contributed by atoms with Gasteiger partial charge in [0.15, 0.2) is 11.6 Å². The van der Waals surface area contributed by atoms with E-state index in [0.717, 1.165) is 29.5 Å². The number of halogens is 3. The van der Waals surface area contributed by atoms with E-state index in [0.29, 0.717) is 16.5 Å². The zero-order chi connectivity index (χ0) is 18.6. The summed E-state index contributed by atoms with van der Waals surface area (Å²) in [6.07, 6.45) is 2.25. The van der Waals surface area contributed by atoms with Gasteiger partial charge in [0.25, 0.3) is 0 Å². The van der Waals surface area contributed by atoms with E-state index in [1.54, 1.807) is 31.2 Å². The maximum atomic E-state index is 13.6. The van der Waals surface area contributed by atoms with Gasteiger partial charge in [-0.25, -0.2) is 4.39 Å². The molecule has 0 saturated heterocycles. The van der Waals surface area contributed by atoms with Gasteiger partial charge in [-0.2, -0.15) is 0 Å². The number of benzene rings is 2. The van der Waals surface area contributed by atoms with Gasteiger partial charge >= 0.3 is 0 Å². The highest BCUT2D eigenvalue weighted by molar-refractivity contribution is 6.36. The van der Waals surface area contributed by atoms with Crippen LogP contribution in [0.1, 0.15) is 32.3 Å². The summed E-state index contributed by atoms with van der Waals surface area (Å²) in [5, 5.41) is 1.02. The first kappa shape index (κ1) is 19.7. The molecule has 0 heterocycles. The average molecular weight is 383 g/mol. The predicted molar refractivity (Wildman–Crippen MR) is 101 cm³/mol. The summed E-state index contributed by atoms with van der Waals surface area (Å²) in [4.78, 5) is 11.8. The quantitative estimate of drug-likeness (QED) is 0.556. The van der Waals surface area contributed by atoms with Crippen molar-refractivity contribution in [2.24, 2.45) is 5.92 Å². The SMILES string of the molecule is CCC[C@@H](Cc1c(Cl)cc(-c2ccc(F)c(OC)c2)cc1Cl)C(C)=O. The number of hydrogen-bond acceptors (Lipinski definition) is 2. The summed E-state index contributed by atoms with van der Waals surface area (Å²) < 4.78 is 18.6. The molecule has 2 nitrogen and oxygen atoms in total. The molecule has 0 amide bonds. The number of carbonyl (C=O) groups excluding carboxylic acids is 1. The number of ether oxygens (including phenoxy) is 1. The lowest BCUT2D eigenvalue weighted by atomic mass is 9.91. The number of Topliss-reactive ketones (excluding diaryl/α,β-unsaturated/α-hetero) is 1. The summed E-state index contributed by atoms with van der Waals surface area (Å²) in [5.74, 6) is -0.213. The molecule has 134 valence electrons. The number of ketones is 1. The second-order valence-corrected chi connectivity index (χ2v) is 6.88. The summed E-state index contributed by atoms with van der Waals surface area (Å²) in [6.45, 7) is 3.64. The summed E-state index contributed by atoms with van der Waals surface area (Å²) >= 11 is 12.9. The van der Waals surface area contributed by atoms with Crippen molar-refractivity contribution >= 4 is 29.0 Å². The Balaban J connectivity index is 2.38. The van der Waals surface area contributed by atoms with Crippen molar-refractivity contribution in [3.63, 3.8) is 0 Å². The molecule has 0 spiro atoms. The van der Waals surface area contributed by atoms with Crippen molar-refractivity contribution in [1.29, 1.82) is 0 Å². The zero-order valence-corrected chi connectivity index (χ0v) is 16.0. The van der Waals surface area contributed by atoms with Gasteiger partial charge in [-0.1, -0.05) is 42.6 Å². The maximum absolute atomic E-state index is 13.6. The molecule has 0 unspecified atom stereocenters. The molecule has 0 aliphatic heterocycles. The molecular weight excluding hydrogens is 362 g/mol. The van der Waals surface area contributed by atoms with Crippen LogP contribution in [-0.4, -0.2) is 12.9 Å². The lowest BCUT2D eigenvalue weighted by molar-refractivity contribution is -0.120. The highest BCUT2D eigenvalue weighted by atomic mass is 35.5. The van der Waals surface area contributed by atoms with Crippen LogP contribution in [0.4, 0.5) is 4.39 Å². The molecule has 2 rings (SSSR count). The Morgan fingerprint density at radius 1 is 1.16 bits per heavy atom. The Hall–Kier alpha value is -1.58. The molecule has 0 aromatic heterocycles. The normalized spacial score (nSPS) is 12.1. The Bertz CT molecular complexity index is 751. The molecule has 0 aliphatic carbocycles. The highest BCUT2D eigenvalue weighted by Gasteiger charge is 2.19. The molecular formula is C20H21Cl2FO2. The molecule has 2 aromatic carbocycles. The zero-order valence-electron chi connectivity index (χ0n) is 14.5. The largest absolute Gasteiger partial charge is 0.494 e. The van der Waals surface area contributed by atoms with Gasteiger partial charge in [0.1, 0.15) is 5.78 Å². The summed E-state index contributed by atoms with van der Waals surface area (Å²) in [6, 6.07) is 8.18. The molecule has 2 aromatic rings. The van der Waals surface area contributed by atoms with E-state index < -0.39 is 5.82 Å².